The maximum Gasteiger partial charge on any atom is 0.407 e. The van der Waals surface area contributed by atoms with Gasteiger partial charge in [-0.1, -0.05) is 0 Å². The molecule has 0 radical (unpaired) electrons. The molecule has 2 heterocycles. The van der Waals surface area contributed by atoms with Crippen LogP contribution < -0.4 is 9.47 Å². The molecule has 19 heavy (non-hydrogen) atoms. The number of carbonyl (C=O) groups is 1. The van der Waals surface area contributed by atoms with Crippen molar-refractivity contribution in [1.82, 2.24) is 9.88 Å². The fourth-order valence-corrected chi connectivity index (χ4v) is 2.33. The van der Waals surface area contributed by atoms with Crippen LogP contribution >= 0.6 is 15.9 Å². The molecule has 1 saturated heterocycles. The summed E-state index contributed by atoms with van der Waals surface area (Å²) in [5.74, 6) is 1.20. The van der Waals surface area contributed by atoms with Crippen molar-refractivity contribution in [2.24, 2.45) is 5.92 Å². The number of ether oxygens (including phenoxy) is 2. The van der Waals surface area contributed by atoms with Crippen LogP contribution in [0.4, 0.5) is 4.79 Å². The van der Waals surface area contributed by atoms with Gasteiger partial charge in [0.05, 0.1) is 13.7 Å². The number of pyridine rings is 1. The quantitative estimate of drug-likeness (QED) is 0.916. The average molecular weight is 331 g/mol. The minimum absolute atomic E-state index is 0.208. The van der Waals surface area contributed by atoms with Gasteiger partial charge >= 0.3 is 6.09 Å². The first kappa shape index (κ1) is 13.9. The van der Waals surface area contributed by atoms with Gasteiger partial charge in [0.1, 0.15) is 0 Å². The topological polar surface area (TPSA) is 71.9 Å². The van der Waals surface area contributed by atoms with Crippen molar-refractivity contribution in [1.29, 1.82) is 0 Å². The third kappa shape index (κ3) is 3.50. The number of amides is 1. The third-order valence-corrected chi connectivity index (χ3v) is 3.44. The van der Waals surface area contributed by atoms with Crippen LogP contribution in [-0.4, -0.2) is 47.9 Å². The molecule has 1 aromatic rings. The van der Waals surface area contributed by atoms with Crippen LogP contribution in [0.3, 0.4) is 0 Å². The third-order valence-electron chi connectivity index (χ3n) is 3.01. The van der Waals surface area contributed by atoms with Gasteiger partial charge in [0.2, 0.25) is 0 Å². The van der Waals surface area contributed by atoms with Crippen LogP contribution in [0, 0.1) is 5.92 Å². The largest absolute Gasteiger partial charge is 0.488 e. The van der Waals surface area contributed by atoms with Gasteiger partial charge in [-0.05, 0) is 22.4 Å². The van der Waals surface area contributed by atoms with Gasteiger partial charge in [0, 0.05) is 35.7 Å². The van der Waals surface area contributed by atoms with Crippen molar-refractivity contribution in [2.45, 2.75) is 6.42 Å². The van der Waals surface area contributed by atoms with Crippen LogP contribution in [0.25, 0.3) is 0 Å². The zero-order valence-corrected chi connectivity index (χ0v) is 12.1. The molecule has 1 fully saturated rings. The molecule has 0 bridgehead atoms. The molecular weight excluding hydrogens is 316 g/mol. The minimum Gasteiger partial charge on any atom is -0.488 e. The van der Waals surface area contributed by atoms with E-state index in [2.05, 4.69) is 20.9 Å². The normalized spacial score (nSPS) is 18.4. The van der Waals surface area contributed by atoms with Crippen LogP contribution in [0.15, 0.2) is 16.7 Å². The summed E-state index contributed by atoms with van der Waals surface area (Å²) in [6.45, 7) is 1.54. The Hall–Kier alpha value is -1.50. The average Bonchev–Trinajstić information content (AvgIpc) is 2.85. The van der Waals surface area contributed by atoms with E-state index < -0.39 is 6.09 Å². The molecule has 1 aromatic heterocycles. The van der Waals surface area contributed by atoms with E-state index in [1.165, 1.54) is 12.0 Å². The first-order chi connectivity index (χ1) is 9.10. The number of hydrogen-bond acceptors (Lipinski definition) is 4. The van der Waals surface area contributed by atoms with E-state index in [0.717, 1.165) is 10.9 Å². The smallest absolute Gasteiger partial charge is 0.407 e. The van der Waals surface area contributed by atoms with Crippen molar-refractivity contribution in [2.75, 3.05) is 26.8 Å². The molecule has 1 amide bonds. The Kier molecular flexibility index (Phi) is 4.47. The number of methoxy groups -OCH3 is 1. The Balaban J connectivity index is 1.92. The summed E-state index contributed by atoms with van der Waals surface area (Å²) in [4.78, 5) is 16.3. The van der Waals surface area contributed by atoms with Crippen LogP contribution in [-0.2, 0) is 0 Å². The highest BCUT2D eigenvalue weighted by molar-refractivity contribution is 9.10. The summed E-state index contributed by atoms with van der Waals surface area (Å²) >= 11 is 3.32. The molecule has 0 saturated carbocycles. The summed E-state index contributed by atoms with van der Waals surface area (Å²) in [5.41, 5.74) is 0. The maximum absolute atomic E-state index is 10.8. The molecule has 2 rings (SSSR count). The van der Waals surface area contributed by atoms with Crippen molar-refractivity contribution in [3.63, 3.8) is 0 Å². The Morgan fingerprint density at radius 3 is 3.11 bits per heavy atom. The first-order valence-corrected chi connectivity index (χ1v) is 6.69. The highest BCUT2D eigenvalue weighted by Gasteiger charge is 2.26. The van der Waals surface area contributed by atoms with Gasteiger partial charge in [-0.25, -0.2) is 9.78 Å². The van der Waals surface area contributed by atoms with E-state index >= 15 is 0 Å². The van der Waals surface area contributed by atoms with Crippen molar-refractivity contribution in [3.8, 4) is 11.6 Å². The minimum atomic E-state index is -0.871. The molecule has 0 unspecified atom stereocenters. The number of rotatable bonds is 4. The second-order valence-electron chi connectivity index (χ2n) is 4.36. The molecule has 0 aromatic carbocycles. The number of halogens is 1. The zero-order chi connectivity index (χ0) is 13.8. The van der Waals surface area contributed by atoms with E-state index in [9.17, 15) is 4.79 Å². The van der Waals surface area contributed by atoms with Gasteiger partial charge in [0.25, 0.3) is 5.88 Å². The zero-order valence-electron chi connectivity index (χ0n) is 10.5. The number of carboxylic acid groups (broad SMARTS) is 1. The molecule has 1 atom stereocenters. The fraction of sp³-hybridized carbons (Fsp3) is 0.500. The fourth-order valence-electron chi connectivity index (χ4n) is 2.01. The van der Waals surface area contributed by atoms with E-state index in [0.29, 0.717) is 31.3 Å². The maximum atomic E-state index is 10.8. The number of aromatic nitrogens is 1. The monoisotopic (exact) mass is 330 g/mol. The van der Waals surface area contributed by atoms with Gasteiger partial charge in [0.15, 0.2) is 5.75 Å². The second-order valence-corrected chi connectivity index (χ2v) is 5.27. The predicted molar refractivity (Wildman–Crippen MR) is 71.7 cm³/mol. The Labute approximate surface area is 119 Å². The predicted octanol–water partition coefficient (Wildman–Crippen LogP) is 2.23. The first-order valence-electron chi connectivity index (χ1n) is 5.90. The SMILES string of the molecule is COc1ncc(Br)cc1OC[C@@H]1CCN(C(=O)O)C1. The van der Waals surface area contributed by atoms with Crippen LogP contribution in [0.5, 0.6) is 11.6 Å². The Morgan fingerprint density at radius 2 is 2.47 bits per heavy atom. The summed E-state index contributed by atoms with van der Waals surface area (Å²) in [7, 11) is 1.53. The van der Waals surface area contributed by atoms with E-state index in [1.807, 2.05) is 0 Å². The molecular formula is C12H15BrN2O4. The van der Waals surface area contributed by atoms with Gasteiger partial charge < -0.3 is 19.5 Å². The summed E-state index contributed by atoms with van der Waals surface area (Å²) in [5, 5.41) is 8.88. The van der Waals surface area contributed by atoms with Crippen molar-refractivity contribution >= 4 is 22.0 Å². The molecule has 6 nitrogen and oxygen atoms in total. The number of likely N-dealkylation sites (tertiary alicyclic amines) is 1. The summed E-state index contributed by atoms with van der Waals surface area (Å²) in [6, 6.07) is 1.79. The molecule has 0 aliphatic carbocycles. The van der Waals surface area contributed by atoms with Crippen molar-refractivity contribution in [3.05, 3.63) is 16.7 Å². The van der Waals surface area contributed by atoms with Gasteiger partial charge in [-0.3, -0.25) is 0 Å². The second kappa shape index (κ2) is 6.10. The number of hydrogen-bond donors (Lipinski definition) is 1. The number of nitrogens with zero attached hydrogens (tertiary/aromatic N) is 2. The lowest BCUT2D eigenvalue weighted by molar-refractivity contribution is 0.151. The lowest BCUT2D eigenvalue weighted by atomic mass is 10.1. The Bertz CT molecular complexity index is 469. The molecule has 0 spiro atoms. The summed E-state index contributed by atoms with van der Waals surface area (Å²) < 4.78 is 11.6. The highest BCUT2D eigenvalue weighted by atomic mass is 79.9. The van der Waals surface area contributed by atoms with E-state index in [-0.39, 0.29) is 5.92 Å². The van der Waals surface area contributed by atoms with Crippen LogP contribution in [0.2, 0.25) is 0 Å². The lowest BCUT2D eigenvalue weighted by Crippen LogP contribution is -2.27. The molecule has 1 aliphatic heterocycles. The van der Waals surface area contributed by atoms with Gasteiger partial charge in [-0.2, -0.15) is 0 Å². The molecule has 7 heteroatoms. The molecule has 1 aliphatic rings. The van der Waals surface area contributed by atoms with E-state index in [1.54, 1.807) is 12.3 Å². The molecule has 104 valence electrons. The van der Waals surface area contributed by atoms with Crippen molar-refractivity contribution < 1.29 is 19.4 Å². The standard InChI is InChI=1S/C12H15BrN2O4/c1-18-11-10(4-9(13)5-14-11)19-7-8-2-3-15(6-8)12(16)17/h4-5,8H,2-3,6-7H2,1H3,(H,16,17)/t8-/m1/s1. The lowest BCUT2D eigenvalue weighted by Gasteiger charge is -2.14. The van der Waals surface area contributed by atoms with E-state index in [4.69, 9.17) is 14.6 Å². The van der Waals surface area contributed by atoms with Crippen LogP contribution in [0.1, 0.15) is 6.42 Å². The summed E-state index contributed by atoms with van der Waals surface area (Å²) in [6.07, 6.45) is 1.58. The molecule has 1 N–H and O–H groups in total. The van der Waals surface area contributed by atoms with Gasteiger partial charge in [-0.15, -0.1) is 0 Å². The highest BCUT2D eigenvalue weighted by Crippen LogP contribution is 2.28. The Morgan fingerprint density at radius 1 is 1.68 bits per heavy atom.